The van der Waals surface area contributed by atoms with Crippen molar-refractivity contribution in [2.75, 3.05) is 20.2 Å². The lowest BCUT2D eigenvalue weighted by Gasteiger charge is -2.17. The van der Waals surface area contributed by atoms with Crippen LogP contribution in [-0.2, 0) is 9.53 Å². The lowest BCUT2D eigenvalue weighted by Crippen LogP contribution is -2.33. The molecule has 4 nitrogen and oxygen atoms in total. The maximum Gasteiger partial charge on any atom is 0.325 e. The molecule has 0 atom stereocenters. The molecule has 5 heteroatoms. The molecule has 0 radical (unpaired) electrons. The van der Waals surface area contributed by atoms with Crippen LogP contribution in [0.25, 0.3) is 0 Å². The Balaban J connectivity index is 2.80. The molecule has 0 N–H and O–H groups in total. The van der Waals surface area contributed by atoms with E-state index in [4.69, 9.17) is 4.74 Å². The van der Waals surface area contributed by atoms with Crippen molar-refractivity contribution in [2.45, 2.75) is 13.8 Å². The molecule has 0 aliphatic carbocycles. The fraction of sp³-hybridized carbons (Fsp3) is 0.385. The van der Waals surface area contributed by atoms with E-state index in [2.05, 4.69) is 15.9 Å². The summed E-state index contributed by atoms with van der Waals surface area (Å²) in [5.74, 6) is -0.615. The van der Waals surface area contributed by atoms with E-state index in [1.807, 2.05) is 19.1 Å². The molecule has 1 aromatic rings. The predicted octanol–water partition coefficient (Wildman–Crippen LogP) is 2.39. The molecule has 0 aliphatic rings. The number of nitrogens with zero attached hydrogens (tertiary/aromatic N) is 1. The minimum Gasteiger partial charge on any atom is -0.465 e. The summed E-state index contributed by atoms with van der Waals surface area (Å²) in [6.45, 7) is 3.91. The maximum absolute atomic E-state index is 12.1. The zero-order chi connectivity index (χ0) is 13.7. The van der Waals surface area contributed by atoms with Gasteiger partial charge < -0.3 is 9.64 Å². The molecular weight excluding hydrogens is 298 g/mol. The van der Waals surface area contributed by atoms with E-state index >= 15 is 0 Å². The summed E-state index contributed by atoms with van der Waals surface area (Å²) in [5, 5.41) is 0. The zero-order valence-electron chi connectivity index (χ0n) is 10.7. The number of benzene rings is 1. The Labute approximate surface area is 115 Å². The van der Waals surface area contributed by atoms with Gasteiger partial charge in [-0.2, -0.15) is 0 Å². The van der Waals surface area contributed by atoms with Crippen LogP contribution in [0.1, 0.15) is 22.8 Å². The van der Waals surface area contributed by atoms with E-state index < -0.39 is 5.97 Å². The van der Waals surface area contributed by atoms with Gasteiger partial charge in [0.1, 0.15) is 6.54 Å². The SMILES string of the molecule is CCOC(=O)CN(C)C(=O)c1cc(C)ccc1Br. The van der Waals surface area contributed by atoms with Crippen LogP contribution in [0.3, 0.4) is 0 Å². The highest BCUT2D eigenvalue weighted by Crippen LogP contribution is 2.19. The highest BCUT2D eigenvalue weighted by Gasteiger charge is 2.17. The highest BCUT2D eigenvalue weighted by molar-refractivity contribution is 9.10. The second-order valence-electron chi connectivity index (χ2n) is 3.95. The van der Waals surface area contributed by atoms with Gasteiger partial charge >= 0.3 is 5.97 Å². The topological polar surface area (TPSA) is 46.6 Å². The first-order valence-corrected chi connectivity index (χ1v) is 6.42. The van der Waals surface area contributed by atoms with Crippen molar-refractivity contribution in [1.29, 1.82) is 0 Å². The lowest BCUT2D eigenvalue weighted by atomic mass is 10.1. The molecule has 1 aromatic carbocycles. The van der Waals surface area contributed by atoms with Crippen LogP contribution in [0, 0.1) is 6.92 Å². The van der Waals surface area contributed by atoms with Crippen molar-refractivity contribution in [2.24, 2.45) is 0 Å². The summed E-state index contributed by atoms with van der Waals surface area (Å²) in [4.78, 5) is 24.8. The van der Waals surface area contributed by atoms with Crippen molar-refractivity contribution in [3.63, 3.8) is 0 Å². The number of halogens is 1. The van der Waals surface area contributed by atoms with E-state index in [1.165, 1.54) is 4.90 Å². The van der Waals surface area contributed by atoms with Gasteiger partial charge in [0.2, 0.25) is 0 Å². The number of aryl methyl sites for hydroxylation is 1. The lowest BCUT2D eigenvalue weighted by molar-refractivity contribution is -0.143. The fourth-order valence-electron chi connectivity index (χ4n) is 1.48. The summed E-state index contributed by atoms with van der Waals surface area (Å²) in [7, 11) is 1.58. The third-order valence-corrected chi connectivity index (χ3v) is 3.06. The van der Waals surface area contributed by atoms with E-state index in [1.54, 1.807) is 20.0 Å². The molecule has 18 heavy (non-hydrogen) atoms. The number of likely N-dealkylation sites (N-methyl/N-ethyl adjacent to an activating group) is 1. The normalized spacial score (nSPS) is 10.0. The Kier molecular flexibility index (Phi) is 5.34. The molecule has 0 aliphatic heterocycles. The quantitative estimate of drug-likeness (QED) is 0.802. The van der Waals surface area contributed by atoms with E-state index in [0.29, 0.717) is 16.6 Å². The number of esters is 1. The first-order chi connectivity index (χ1) is 8.45. The molecule has 98 valence electrons. The van der Waals surface area contributed by atoms with Crippen LogP contribution in [-0.4, -0.2) is 37.0 Å². The fourth-order valence-corrected chi connectivity index (χ4v) is 1.90. The van der Waals surface area contributed by atoms with Crippen molar-refractivity contribution in [3.8, 4) is 0 Å². The van der Waals surface area contributed by atoms with Crippen LogP contribution in [0.2, 0.25) is 0 Å². The average Bonchev–Trinajstić information content (AvgIpc) is 2.31. The van der Waals surface area contributed by atoms with Gasteiger partial charge in [0.25, 0.3) is 5.91 Å². The van der Waals surface area contributed by atoms with Crippen molar-refractivity contribution in [3.05, 3.63) is 33.8 Å². The molecule has 0 aromatic heterocycles. The Bertz CT molecular complexity index is 460. The van der Waals surface area contributed by atoms with E-state index in [9.17, 15) is 9.59 Å². The zero-order valence-corrected chi connectivity index (χ0v) is 12.3. The number of hydrogen-bond donors (Lipinski definition) is 0. The Hall–Kier alpha value is -1.36. The van der Waals surface area contributed by atoms with Gasteiger partial charge in [-0.3, -0.25) is 9.59 Å². The number of rotatable bonds is 4. The highest BCUT2D eigenvalue weighted by atomic mass is 79.9. The summed E-state index contributed by atoms with van der Waals surface area (Å²) in [6, 6.07) is 5.51. The number of hydrogen-bond acceptors (Lipinski definition) is 3. The second-order valence-corrected chi connectivity index (χ2v) is 4.80. The predicted molar refractivity (Wildman–Crippen MR) is 72.5 cm³/mol. The molecule has 0 bridgehead atoms. The summed E-state index contributed by atoms with van der Waals surface area (Å²) in [6.07, 6.45) is 0. The first-order valence-electron chi connectivity index (χ1n) is 5.63. The molecule has 0 saturated carbocycles. The number of carbonyl (C=O) groups is 2. The molecule has 1 rings (SSSR count). The van der Waals surface area contributed by atoms with E-state index in [0.717, 1.165) is 5.56 Å². The average molecular weight is 314 g/mol. The van der Waals surface area contributed by atoms with Gasteiger partial charge in [0.05, 0.1) is 12.2 Å². The Morgan fingerprint density at radius 1 is 1.39 bits per heavy atom. The minimum absolute atomic E-state index is 0.0486. The van der Waals surface area contributed by atoms with Gasteiger partial charge in [-0.15, -0.1) is 0 Å². The molecule has 0 fully saturated rings. The van der Waals surface area contributed by atoms with Crippen LogP contribution < -0.4 is 0 Å². The molecule has 0 spiro atoms. The van der Waals surface area contributed by atoms with Crippen LogP contribution in [0.15, 0.2) is 22.7 Å². The third kappa shape index (κ3) is 3.84. The molecular formula is C13H16BrNO3. The van der Waals surface area contributed by atoms with Crippen molar-refractivity contribution >= 4 is 27.8 Å². The summed E-state index contributed by atoms with van der Waals surface area (Å²) < 4.78 is 5.52. The number of ether oxygens (including phenoxy) is 1. The Morgan fingerprint density at radius 3 is 2.67 bits per heavy atom. The van der Waals surface area contributed by atoms with Crippen LogP contribution in [0.4, 0.5) is 0 Å². The van der Waals surface area contributed by atoms with E-state index in [-0.39, 0.29) is 12.5 Å². The largest absolute Gasteiger partial charge is 0.465 e. The standard InChI is InChI=1S/C13H16BrNO3/c1-4-18-12(16)8-15(3)13(17)10-7-9(2)5-6-11(10)14/h5-7H,4,8H2,1-3H3. The summed E-state index contributed by atoms with van der Waals surface area (Å²) >= 11 is 3.33. The smallest absolute Gasteiger partial charge is 0.325 e. The number of carbonyl (C=O) groups excluding carboxylic acids is 2. The van der Waals surface area contributed by atoms with Gasteiger partial charge in [-0.1, -0.05) is 11.6 Å². The molecule has 0 heterocycles. The molecule has 0 saturated heterocycles. The van der Waals surface area contributed by atoms with Crippen LogP contribution in [0.5, 0.6) is 0 Å². The Morgan fingerprint density at radius 2 is 2.06 bits per heavy atom. The molecule has 1 amide bonds. The first kappa shape index (κ1) is 14.7. The number of amides is 1. The van der Waals surface area contributed by atoms with Gasteiger partial charge in [-0.25, -0.2) is 0 Å². The molecule has 0 unspecified atom stereocenters. The second kappa shape index (κ2) is 6.54. The monoisotopic (exact) mass is 313 g/mol. The van der Waals surface area contributed by atoms with Gasteiger partial charge in [0.15, 0.2) is 0 Å². The van der Waals surface area contributed by atoms with Crippen molar-refractivity contribution in [1.82, 2.24) is 4.90 Å². The van der Waals surface area contributed by atoms with Gasteiger partial charge in [0, 0.05) is 11.5 Å². The third-order valence-electron chi connectivity index (χ3n) is 2.37. The maximum atomic E-state index is 12.1. The summed E-state index contributed by atoms with van der Waals surface area (Å²) in [5.41, 5.74) is 1.54. The van der Waals surface area contributed by atoms with Crippen molar-refractivity contribution < 1.29 is 14.3 Å². The van der Waals surface area contributed by atoms with Crippen LogP contribution >= 0.6 is 15.9 Å². The minimum atomic E-state index is -0.405. The van der Waals surface area contributed by atoms with Gasteiger partial charge in [-0.05, 0) is 41.9 Å².